The number of fused-ring (bicyclic) bond motifs is 4. The van der Waals surface area contributed by atoms with Gasteiger partial charge in [0.1, 0.15) is 34.5 Å². The first-order valence-corrected chi connectivity index (χ1v) is 31.0. The molecule has 438 valence electrons. The summed E-state index contributed by atoms with van der Waals surface area (Å²) in [6, 6.07) is 46.4. The summed E-state index contributed by atoms with van der Waals surface area (Å²) in [7, 11) is -5.70. The highest BCUT2D eigenvalue weighted by Crippen LogP contribution is 2.52. The topological polar surface area (TPSA) is 252 Å². The third kappa shape index (κ3) is 11.4. The maximum Gasteiger partial charge on any atom is 0.412 e. The van der Waals surface area contributed by atoms with Crippen molar-refractivity contribution in [3.8, 4) is 67.9 Å². The highest BCUT2D eigenvalue weighted by Gasteiger charge is 2.29. The van der Waals surface area contributed by atoms with Crippen molar-refractivity contribution in [1.82, 2.24) is 21.3 Å². The Hall–Kier alpha value is -9.60. The van der Waals surface area contributed by atoms with Gasteiger partial charge in [-0.2, -0.15) is 0 Å². The second-order valence-corrected chi connectivity index (χ2v) is 24.5. The molecular weight excluding hydrogens is 1130 g/mol. The SMILES string of the molecule is COc1ccc(S(=O)(=O)Nc2cc(-c3c(OC(=O)NCC4CCCN4)cc(-c4ccc5c(OC(=O)NCC6CCCN6)c(-c6c(O)ccc7ccccc67)cc(NS(=O)(=O)c6ccc(OC)cc6)c5c4)c4ccccc34)c(O)c3ccccc23)cc1. The van der Waals surface area contributed by atoms with Gasteiger partial charge in [-0.1, -0.05) is 84.9 Å². The predicted molar refractivity (Wildman–Crippen MR) is 334 cm³/mol. The lowest BCUT2D eigenvalue weighted by atomic mass is 9.88. The summed E-state index contributed by atoms with van der Waals surface area (Å²) in [5.74, 6) is 0.507. The van der Waals surface area contributed by atoms with Crippen LogP contribution in [0.25, 0.3) is 76.5 Å². The number of amides is 2. The normalized spacial score (nSPS) is 15.2. The van der Waals surface area contributed by atoms with E-state index in [1.165, 1.54) is 80.9 Å². The Balaban J connectivity index is 1.08. The van der Waals surface area contributed by atoms with Crippen molar-refractivity contribution >= 4 is 86.7 Å². The molecule has 2 aliphatic heterocycles. The van der Waals surface area contributed by atoms with Crippen LogP contribution in [0, 0.1) is 0 Å². The fourth-order valence-electron chi connectivity index (χ4n) is 11.5. The number of anilines is 2. The Labute approximate surface area is 496 Å². The Morgan fingerprint density at radius 2 is 1.05 bits per heavy atom. The number of phenolic OH excluding ortho intramolecular Hbond substituents is 2. The molecule has 8 N–H and O–H groups in total. The number of rotatable bonds is 17. The van der Waals surface area contributed by atoms with Gasteiger partial charge >= 0.3 is 12.2 Å². The Morgan fingerprint density at radius 1 is 0.512 bits per heavy atom. The molecule has 10 aromatic rings. The van der Waals surface area contributed by atoms with Crippen LogP contribution >= 0.6 is 0 Å². The molecule has 2 unspecified atom stereocenters. The van der Waals surface area contributed by atoms with E-state index < -0.39 is 32.2 Å². The lowest BCUT2D eigenvalue weighted by Gasteiger charge is -2.22. The minimum Gasteiger partial charge on any atom is -0.507 e. The first kappa shape index (κ1) is 56.9. The van der Waals surface area contributed by atoms with Crippen molar-refractivity contribution in [2.75, 3.05) is 49.8 Å². The number of aromatic hydroxyl groups is 2. The van der Waals surface area contributed by atoms with Gasteiger partial charge in [-0.15, -0.1) is 0 Å². The fraction of sp³-hybridized carbons (Fsp3) is 0.182. The number of hydrogen-bond donors (Lipinski definition) is 8. The molecule has 0 aliphatic carbocycles. The minimum absolute atomic E-state index is 0.00304. The van der Waals surface area contributed by atoms with Crippen molar-refractivity contribution in [3.63, 3.8) is 0 Å². The Kier molecular flexibility index (Phi) is 15.7. The van der Waals surface area contributed by atoms with Gasteiger partial charge in [-0.25, -0.2) is 26.4 Å². The van der Waals surface area contributed by atoms with Gasteiger partial charge in [0.25, 0.3) is 20.0 Å². The average Bonchev–Trinajstić information content (AvgIpc) is 2.25. The van der Waals surface area contributed by atoms with Crippen molar-refractivity contribution in [2.45, 2.75) is 47.6 Å². The van der Waals surface area contributed by atoms with E-state index in [0.717, 1.165) is 44.2 Å². The molecule has 2 amide bonds. The number of benzene rings is 10. The molecule has 2 heterocycles. The van der Waals surface area contributed by atoms with Crippen LogP contribution in [0.15, 0.2) is 180 Å². The highest BCUT2D eigenvalue weighted by atomic mass is 32.2. The molecule has 0 spiro atoms. The summed E-state index contributed by atoms with van der Waals surface area (Å²) >= 11 is 0. The number of carbonyl (C=O) groups is 2. The number of ether oxygens (including phenoxy) is 4. The van der Waals surface area contributed by atoms with Crippen LogP contribution in [-0.2, 0) is 20.0 Å². The van der Waals surface area contributed by atoms with Gasteiger partial charge in [0.05, 0.1) is 35.4 Å². The zero-order valence-corrected chi connectivity index (χ0v) is 48.4. The molecule has 20 heteroatoms. The largest absolute Gasteiger partial charge is 0.507 e. The summed E-state index contributed by atoms with van der Waals surface area (Å²) in [5, 5.41) is 40.5. The van der Waals surface area contributed by atoms with Crippen molar-refractivity contribution in [3.05, 3.63) is 170 Å². The van der Waals surface area contributed by atoms with Crippen LogP contribution in [0.5, 0.6) is 34.5 Å². The van der Waals surface area contributed by atoms with E-state index in [0.29, 0.717) is 49.6 Å². The smallest absolute Gasteiger partial charge is 0.412 e. The molecule has 18 nitrogen and oxygen atoms in total. The second-order valence-electron chi connectivity index (χ2n) is 21.1. The van der Waals surface area contributed by atoms with E-state index in [1.54, 1.807) is 66.7 Å². The minimum atomic E-state index is -4.41. The lowest BCUT2D eigenvalue weighted by molar-refractivity contribution is 0.199. The van der Waals surface area contributed by atoms with Gasteiger partial charge in [-0.05, 0) is 156 Å². The van der Waals surface area contributed by atoms with Crippen LogP contribution in [0.2, 0.25) is 0 Å². The van der Waals surface area contributed by atoms with Gasteiger partial charge in [0.15, 0.2) is 0 Å². The van der Waals surface area contributed by atoms with Crippen LogP contribution in [-0.4, -0.2) is 91.7 Å². The van der Waals surface area contributed by atoms with E-state index in [1.807, 2.05) is 36.4 Å². The van der Waals surface area contributed by atoms with Gasteiger partial charge in [0, 0.05) is 69.0 Å². The number of hydrogen-bond acceptors (Lipinski definition) is 14. The van der Waals surface area contributed by atoms with Crippen LogP contribution < -0.4 is 49.7 Å². The third-order valence-electron chi connectivity index (χ3n) is 15.8. The summed E-state index contributed by atoms with van der Waals surface area (Å²) in [4.78, 5) is 28.3. The fourth-order valence-corrected chi connectivity index (χ4v) is 13.7. The number of sulfonamides is 2. The second kappa shape index (κ2) is 23.8. The van der Waals surface area contributed by atoms with Gasteiger partial charge in [0.2, 0.25) is 0 Å². The number of phenols is 2. The maximum atomic E-state index is 14.7. The summed E-state index contributed by atoms with van der Waals surface area (Å²) in [6.45, 7) is 2.14. The molecule has 0 bridgehead atoms. The van der Waals surface area contributed by atoms with Gasteiger partial charge in [-0.3, -0.25) is 9.44 Å². The van der Waals surface area contributed by atoms with E-state index >= 15 is 0 Å². The van der Waals surface area contributed by atoms with Crippen LogP contribution in [0.3, 0.4) is 0 Å². The summed E-state index contributed by atoms with van der Waals surface area (Å²) in [6.07, 6.45) is 2.00. The van der Waals surface area contributed by atoms with E-state index in [-0.39, 0.29) is 102 Å². The van der Waals surface area contributed by atoms with Gasteiger partial charge < -0.3 is 50.4 Å². The predicted octanol–water partition coefficient (Wildman–Crippen LogP) is 12.0. The zero-order valence-electron chi connectivity index (χ0n) is 46.8. The van der Waals surface area contributed by atoms with Crippen molar-refractivity contribution < 1.29 is 55.6 Å². The number of nitrogens with one attached hydrogen (secondary N) is 6. The molecule has 12 rings (SSSR count). The Morgan fingerprint density at radius 3 is 1.64 bits per heavy atom. The lowest BCUT2D eigenvalue weighted by Crippen LogP contribution is -2.38. The molecule has 2 saturated heterocycles. The average molecular weight is 1190 g/mol. The van der Waals surface area contributed by atoms with E-state index in [4.69, 9.17) is 18.9 Å². The Bertz CT molecular complexity index is 4520. The summed E-state index contributed by atoms with van der Waals surface area (Å²) < 4.78 is 86.8. The first-order valence-electron chi connectivity index (χ1n) is 28.0. The third-order valence-corrected chi connectivity index (χ3v) is 18.6. The first-order chi connectivity index (χ1) is 41.7. The molecule has 2 atom stereocenters. The highest BCUT2D eigenvalue weighted by molar-refractivity contribution is 7.93. The quantitative estimate of drug-likeness (QED) is 0.0395. The van der Waals surface area contributed by atoms with E-state index in [9.17, 15) is 36.6 Å². The van der Waals surface area contributed by atoms with Crippen LogP contribution in [0.1, 0.15) is 25.7 Å². The molecule has 0 aromatic heterocycles. The molecule has 86 heavy (non-hydrogen) atoms. The van der Waals surface area contributed by atoms with Crippen molar-refractivity contribution in [2.24, 2.45) is 0 Å². The molecule has 2 fully saturated rings. The van der Waals surface area contributed by atoms with Crippen LogP contribution in [0.4, 0.5) is 21.0 Å². The summed E-state index contributed by atoms with van der Waals surface area (Å²) in [5.41, 5.74) is 1.98. The molecule has 0 radical (unpaired) electrons. The zero-order chi connectivity index (χ0) is 59.7. The molecule has 0 saturated carbocycles. The number of methoxy groups -OCH3 is 2. The monoisotopic (exact) mass is 1190 g/mol. The molecular formula is C66H60N6O12S2. The van der Waals surface area contributed by atoms with Crippen molar-refractivity contribution in [1.29, 1.82) is 0 Å². The molecule has 10 aromatic carbocycles. The maximum absolute atomic E-state index is 14.7. The van der Waals surface area contributed by atoms with E-state index in [2.05, 4.69) is 30.7 Å². The molecule has 2 aliphatic rings. The number of carbonyl (C=O) groups excluding carboxylic acids is 2. The standard InChI is InChI=1S/C66H60N6O12S2/c1-81-43-21-25-45(26-22-43)85(77,78)71-57-34-55(63(74)51-18-8-6-16-49(51)57)62-50-17-7-5-15-48(50)53(36-60(62)83-65(75)69-37-41-12-9-31-67-41)40-19-29-52-54(33-40)58(72-86(79,80)46-27-23-44(82-2)24-28-46)35-56(61-47-14-4-3-11-39(47)20-30-59(61)73)64(52)84-66(76)70-38-42-13-10-32-68-42/h3-8,11,14-30,33-36,41-42,67-68,71-74H,9-10,12-13,31-32,37-38H2,1-2H3,(H,69,75)(H,70,76).